The molecule has 0 atom stereocenters. The number of hydrogen-bond donors (Lipinski definition) is 2. The third-order valence-corrected chi connectivity index (χ3v) is 7.73. The summed E-state index contributed by atoms with van der Waals surface area (Å²) in [6, 6.07) is 13.6. The molecule has 3 aromatic rings. The van der Waals surface area contributed by atoms with Crippen LogP contribution in [-0.2, 0) is 27.6 Å². The maximum atomic E-state index is 12.9. The lowest BCUT2D eigenvalue weighted by atomic mass is 10.1. The lowest BCUT2D eigenvalue weighted by Crippen LogP contribution is -2.25. The van der Waals surface area contributed by atoms with Crippen LogP contribution in [0.5, 0.6) is 0 Å². The second-order valence-corrected chi connectivity index (χ2v) is 10.6. The maximum Gasteiger partial charge on any atom is 0.270 e. The van der Waals surface area contributed by atoms with Crippen molar-refractivity contribution in [3.05, 3.63) is 81.2 Å². The van der Waals surface area contributed by atoms with Gasteiger partial charge in [-0.15, -0.1) is 0 Å². The number of unbranched alkanes of at least 4 members (excludes halogenated alkanes) is 1. The smallest absolute Gasteiger partial charge is 0.270 e. The molecule has 0 unspecified atom stereocenters. The molecule has 0 aliphatic heterocycles. The second kappa shape index (κ2) is 11.5. The van der Waals surface area contributed by atoms with Crippen LogP contribution in [0.15, 0.2) is 74.5 Å². The summed E-state index contributed by atoms with van der Waals surface area (Å²) in [5.74, 6) is -0.237. The number of nitrogens with one attached hydrogen (secondary N) is 2. The highest BCUT2D eigenvalue weighted by Crippen LogP contribution is 2.20. The fourth-order valence-corrected chi connectivity index (χ4v) is 4.99. The Hall–Kier alpha value is -2.62. The molecular formula is C23H24ClN3O4S2. The van der Waals surface area contributed by atoms with Crippen molar-refractivity contribution in [3.8, 4) is 0 Å². The zero-order chi connectivity index (χ0) is 23.8. The number of benzene rings is 2. The molecule has 7 nitrogen and oxygen atoms in total. The van der Waals surface area contributed by atoms with Crippen molar-refractivity contribution < 1.29 is 13.2 Å². The van der Waals surface area contributed by atoms with Gasteiger partial charge in [0, 0.05) is 11.6 Å². The van der Waals surface area contributed by atoms with Crippen molar-refractivity contribution in [1.29, 1.82) is 0 Å². The highest BCUT2D eigenvalue weighted by molar-refractivity contribution is 7.99. The Kier molecular flexibility index (Phi) is 8.71. The van der Waals surface area contributed by atoms with E-state index in [1.54, 1.807) is 24.3 Å². The Morgan fingerprint density at radius 2 is 1.76 bits per heavy atom. The molecule has 0 fully saturated rings. The Morgan fingerprint density at radius 3 is 2.39 bits per heavy atom. The Balaban J connectivity index is 1.61. The van der Waals surface area contributed by atoms with Crippen LogP contribution in [0.4, 0.5) is 0 Å². The first-order chi connectivity index (χ1) is 15.8. The predicted molar refractivity (Wildman–Crippen MR) is 129 cm³/mol. The number of nitrogens with zero attached hydrogens (tertiary/aromatic N) is 1. The number of carbonyl (C=O) groups excluding carboxylic acids is 1. The molecule has 0 bridgehead atoms. The van der Waals surface area contributed by atoms with E-state index in [4.69, 9.17) is 11.6 Å². The monoisotopic (exact) mass is 505 g/mol. The number of hydrogen-bond acceptors (Lipinski definition) is 6. The molecule has 0 aliphatic carbocycles. The molecule has 0 spiro atoms. The van der Waals surface area contributed by atoms with Crippen molar-refractivity contribution in [2.75, 3.05) is 5.75 Å². The van der Waals surface area contributed by atoms with Crippen LogP contribution in [0.3, 0.4) is 0 Å². The molecule has 2 N–H and O–H groups in total. The van der Waals surface area contributed by atoms with Crippen LogP contribution in [0.2, 0.25) is 5.02 Å². The summed E-state index contributed by atoms with van der Waals surface area (Å²) in [7, 11) is -4.00. The van der Waals surface area contributed by atoms with Crippen molar-refractivity contribution in [2.24, 2.45) is 0 Å². The largest absolute Gasteiger partial charge is 0.351 e. The SMILES string of the molecule is CCCCc1ccc(S(=O)(=O)c2cnc(SCC(=O)NCc3ccc(Cl)cc3)[nH]c2=O)cc1. The van der Waals surface area contributed by atoms with E-state index in [-0.39, 0.29) is 21.7 Å². The molecule has 174 valence electrons. The van der Waals surface area contributed by atoms with Gasteiger partial charge in [0.25, 0.3) is 5.56 Å². The summed E-state index contributed by atoms with van der Waals surface area (Å²) in [6.07, 6.45) is 3.98. The quantitative estimate of drug-likeness (QED) is 0.318. The summed E-state index contributed by atoms with van der Waals surface area (Å²) in [5, 5.41) is 3.54. The van der Waals surface area contributed by atoms with Crippen LogP contribution >= 0.6 is 23.4 Å². The second-order valence-electron chi connectivity index (χ2n) is 7.32. The normalized spacial score (nSPS) is 11.3. The predicted octanol–water partition coefficient (Wildman–Crippen LogP) is 4.01. The van der Waals surface area contributed by atoms with Gasteiger partial charge in [0.1, 0.15) is 0 Å². The van der Waals surface area contributed by atoms with Crippen LogP contribution in [0.25, 0.3) is 0 Å². The zero-order valence-corrected chi connectivity index (χ0v) is 20.4. The maximum absolute atomic E-state index is 12.9. The van der Waals surface area contributed by atoms with Crippen molar-refractivity contribution >= 4 is 39.1 Å². The molecule has 0 radical (unpaired) electrons. The third kappa shape index (κ3) is 6.93. The van der Waals surface area contributed by atoms with Gasteiger partial charge >= 0.3 is 0 Å². The third-order valence-electron chi connectivity index (χ3n) is 4.83. The van der Waals surface area contributed by atoms with E-state index in [0.29, 0.717) is 11.6 Å². The Labute approximate surface area is 201 Å². The number of aromatic amines is 1. The average Bonchev–Trinajstić information content (AvgIpc) is 2.81. The topological polar surface area (TPSA) is 109 Å². The number of amides is 1. The van der Waals surface area contributed by atoms with E-state index in [1.165, 1.54) is 12.1 Å². The summed E-state index contributed by atoms with van der Waals surface area (Å²) in [6.45, 7) is 2.43. The van der Waals surface area contributed by atoms with Crippen LogP contribution in [0, 0.1) is 0 Å². The first-order valence-electron chi connectivity index (χ1n) is 10.4. The molecule has 1 aromatic heterocycles. The van der Waals surface area contributed by atoms with Gasteiger partial charge in [0.2, 0.25) is 15.7 Å². The van der Waals surface area contributed by atoms with Gasteiger partial charge < -0.3 is 10.3 Å². The van der Waals surface area contributed by atoms with Gasteiger partial charge in [-0.05, 0) is 48.2 Å². The van der Waals surface area contributed by atoms with E-state index in [1.807, 2.05) is 12.1 Å². The van der Waals surface area contributed by atoms with Crippen LogP contribution in [-0.4, -0.2) is 30.0 Å². The average molecular weight is 506 g/mol. The van der Waals surface area contributed by atoms with Gasteiger partial charge in [0.15, 0.2) is 10.1 Å². The number of halogens is 1. The van der Waals surface area contributed by atoms with E-state index in [0.717, 1.165) is 48.3 Å². The Bertz CT molecular complexity index is 1260. The number of sulfone groups is 1. The minimum absolute atomic E-state index is 0.0157. The first kappa shape index (κ1) is 25.0. The molecule has 1 amide bonds. The molecule has 3 rings (SSSR count). The number of carbonyl (C=O) groups is 1. The molecule has 0 aliphatic rings. The Morgan fingerprint density at radius 1 is 1.09 bits per heavy atom. The van der Waals surface area contributed by atoms with E-state index < -0.39 is 20.3 Å². The van der Waals surface area contributed by atoms with Gasteiger partial charge in [-0.2, -0.15) is 0 Å². The van der Waals surface area contributed by atoms with E-state index >= 15 is 0 Å². The van der Waals surface area contributed by atoms with Crippen molar-refractivity contribution in [1.82, 2.24) is 15.3 Å². The van der Waals surface area contributed by atoms with Crippen molar-refractivity contribution in [3.63, 3.8) is 0 Å². The molecule has 0 saturated carbocycles. The minimum atomic E-state index is -4.00. The molecule has 10 heteroatoms. The lowest BCUT2D eigenvalue weighted by molar-refractivity contribution is -0.118. The summed E-state index contributed by atoms with van der Waals surface area (Å²) < 4.78 is 25.7. The number of thioether (sulfide) groups is 1. The first-order valence-corrected chi connectivity index (χ1v) is 13.2. The number of H-pyrrole nitrogens is 1. The minimum Gasteiger partial charge on any atom is -0.351 e. The molecule has 2 aromatic carbocycles. The highest BCUT2D eigenvalue weighted by Gasteiger charge is 2.22. The van der Waals surface area contributed by atoms with E-state index in [9.17, 15) is 18.0 Å². The summed E-state index contributed by atoms with van der Waals surface area (Å²) in [5.41, 5.74) is 1.17. The molecular weight excluding hydrogens is 482 g/mol. The van der Waals surface area contributed by atoms with Gasteiger partial charge in [0.05, 0.1) is 16.8 Å². The lowest BCUT2D eigenvalue weighted by Gasteiger charge is -2.07. The standard InChI is InChI=1S/C23H24ClN3O4S2/c1-2-3-4-16-7-11-19(12-8-16)33(30,31)20-14-26-23(27-22(20)29)32-15-21(28)25-13-17-5-9-18(24)10-6-17/h5-12,14H,2-4,13,15H2,1H3,(H,25,28)(H,26,27,29). The molecule has 1 heterocycles. The van der Waals surface area contributed by atoms with Crippen molar-refractivity contribution in [2.45, 2.75) is 47.7 Å². The number of rotatable bonds is 10. The van der Waals surface area contributed by atoms with Gasteiger partial charge in [-0.25, -0.2) is 13.4 Å². The van der Waals surface area contributed by atoms with Gasteiger partial charge in [-0.3, -0.25) is 9.59 Å². The zero-order valence-electron chi connectivity index (χ0n) is 18.0. The van der Waals surface area contributed by atoms with Gasteiger partial charge in [-0.1, -0.05) is 61.0 Å². The van der Waals surface area contributed by atoms with Crippen LogP contribution < -0.4 is 10.9 Å². The summed E-state index contributed by atoms with van der Waals surface area (Å²) in [4.78, 5) is 30.6. The summed E-state index contributed by atoms with van der Waals surface area (Å²) >= 11 is 6.85. The number of aryl methyl sites for hydroxylation is 1. The fourth-order valence-electron chi connectivity index (χ4n) is 2.96. The highest BCUT2D eigenvalue weighted by atomic mass is 35.5. The fraction of sp³-hybridized carbons (Fsp3) is 0.261. The molecule has 33 heavy (non-hydrogen) atoms. The van der Waals surface area contributed by atoms with Crippen LogP contribution in [0.1, 0.15) is 30.9 Å². The number of aromatic nitrogens is 2. The molecule has 0 saturated heterocycles. The van der Waals surface area contributed by atoms with E-state index in [2.05, 4.69) is 22.2 Å².